The molecule has 0 radical (unpaired) electrons. The van der Waals surface area contributed by atoms with E-state index in [1.54, 1.807) is 0 Å². The minimum Gasteiger partial charge on any atom is -0.462 e. The largest absolute Gasteiger partial charge is 0.462 e. The Morgan fingerprint density at radius 1 is 0.534 bits per heavy atom. The Morgan fingerprint density at radius 3 is 1.62 bits per heavy atom. The van der Waals surface area contributed by atoms with Crippen molar-refractivity contribution >= 4 is 11.9 Å². The van der Waals surface area contributed by atoms with Crippen LogP contribution in [-0.2, 0) is 14.3 Å². The predicted molar refractivity (Wildman–Crippen MR) is 250 cm³/mol. The van der Waals surface area contributed by atoms with Crippen LogP contribution in [0.25, 0.3) is 0 Å². The Bertz CT molecular complexity index is 1130. The van der Waals surface area contributed by atoms with Gasteiger partial charge in [-0.15, -0.1) is 0 Å². The molecule has 1 amide bonds. The Kier molecular flexibility index (Phi) is 42.8. The van der Waals surface area contributed by atoms with Crippen LogP contribution in [-0.4, -0.2) is 46.9 Å². The zero-order valence-electron chi connectivity index (χ0n) is 37.6. The molecule has 0 aliphatic rings. The summed E-state index contributed by atoms with van der Waals surface area (Å²) in [5, 5.41) is 23.6. The standard InChI is InChI=1S/C52H89NO5/c1-4-7-10-13-16-19-22-24-26-28-30-33-36-39-42-45-52(57)58-48(43-40-37-34-31-29-27-25-23-20-17-14-11-8-5-2)46-51(56)53-49(47-54)50(55)44-41-38-35-32-21-18-15-12-9-6-3/h7-8,10-11,13,16-17,19-20,22,24-27,48-50,54-55H,4-6,9,12,14-15,18,21,23,28-47H2,1-3H3,(H,53,56)/b10-7+,11-8+,16-13+,20-17+,22-19+,26-24-,27-25+. The van der Waals surface area contributed by atoms with Crippen molar-refractivity contribution < 1.29 is 24.5 Å². The summed E-state index contributed by atoms with van der Waals surface area (Å²) in [5.41, 5.74) is 0. The van der Waals surface area contributed by atoms with E-state index in [-0.39, 0.29) is 24.9 Å². The Morgan fingerprint density at radius 2 is 1.02 bits per heavy atom. The Balaban J connectivity index is 4.70. The van der Waals surface area contributed by atoms with Gasteiger partial charge in [0.2, 0.25) is 5.91 Å². The van der Waals surface area contributed by atoms with Gasteiger partial charge in [-0.05, 0) is 77.0 Å². The zero-order valence-corrected chi connectivity index (χ0v) is 37.6. The van der Waals surface area contributed by atoms with Crippen LogP contribution < -0.4 is 5.32 Å². The van der Waals surface area contributed by atoms with Crippen LogP contribution in [0.3, 0.4) is 0 Å². The summed E-state index contributed by atoms with van der Waals surface area (Å²) in [6.07, 6.45) is 57.8. The molecule has 0 bridgehead atoms. The van der Waals surface area contributed by atoms with Crippen molar-refractivity contribution in [1.82, 2.24) is 5.32 Å². The smallest absolute Gasteiger partial charge is 0.306 e. The van der Waals surface area contributed by atoms with Gasteiger partial charge in [0.25, 0.3) is 0 Å². The van der Waals surface area contributed by atoms with Crippen molar-refractivity contribution in [2.75, 3.05) is 6.61 Å². The molecule has 6 heteroatoms. The lowest BCUT2D eigenvalue weighted by Crippen LogP contribution is -2.46. The molecule has 0 saturated heterocycles. The Hall–Kier alpha value is -2.96. The first-order valence-corrected chi connectivity index (χ1v) is 23.9. The van der Waals surface area contributed by atoms with Gasteiger partial charge in [-0.1, -0.05) is 202 Å². The summed E-state index contributed by atoms with van der Waals surface area (Å²) in [6, 6.07) is -0.717. The highest BCUT2D eigenvalue weighted by Gasteiger charge is 2.24. The minimum atomic E-state index is -0.801. The number of aliphatic hydroxyl groups is 2. The normalized spacial score (nSPS) is 14.1. The maximum Gasteiger partial charge on any atom is 0.306 e. The number of aliphatic hydroxyl groups excluding tert-OH is 2. The van der Waals surface area contributed by atoms with Crippen LogP contribution in [0.15, 0.2) is 85.1 Å². The van der Waals surface area contributed by atoms with Crippen LogP contribution in [0.5, 0.6) is 0 Å². The molecule has 0 rings (SSSR count). The first-order chi connectivity index (χ1) is 28.5. The number of hydrogen-bond donors (Lipinski definition) is 3. The second kappa shape index (κ2) is 45.1. The van der Waals surface area contributed by atoms with E-state index in [2.05, 4.69) is 92.9 Å². The van der Waals surface area contributed by atoms with Gasteiger partial charge in [-0.25, -0.2) is 0 Å². The van der Waals surface area contributed by atoms with Gasteiger partial charge in [-0.2, -0.15) is 0 Å². The van der Waals surface area contributed by atoms with Crippen molar-refractivity contribution in [3.05, 3.63) is 85.1 Å². The monoisotopic (exact) mass is 808 g/mol. The quantitative estimate of drug-likeness (QED) is 0.0247. The lowest BCUT2D eigenvalue weighted by atomic mass is 10.0. The zero-order chi connectivity index (χ0) is 42.4. The molecule has 332 valence electrons. The summed E-state index contributed by atoms with van der Waals surface area (Å²) in [5.74, 6) is -0.531. The summed E-state index contributed by atoms with van der Waals surface area (Å²) in [4.78, 5) is 26.1. The first kappa shape index (κ1) is 55.0. The van der Waals surface area contributed by atoms with Crippen LogP contribution in [0.1, 0.15) is 207 Å². The summed E-state index contributed by atoms with van der Waals surface area (Å²) >= 11 is 0. The molecule has 0 aromatic rings. The van der Waals surface area contributed by atoms with Gasteiger partial charge in [0.1, 0.15) is 6.10 Å². The third-order valence-corrected chi connectivity index (χ3v) is 10.3. The molecule has 0 saturated carbocycles. The molecular formula is C52H89NO5. The second-order valence-electron chi connectivity index (χ2n) is 15.8. The highest BCUT2D eigenvalue weighted by molar-refractivity contribution is 5.77. The van der Waals surface area contributed by atoms with E-state index < -0.39 is 18.2 Å². The van der Waals surface area contributed by atoms with Crippen molar-refractivity contribution in [2.45, 2.75) is 225 Å². The first-order valence-electron chi connectivity index (χ1n) is 23.9. The number of rotatable bonds is 41. The number of carbonyl (C=O) groups is 2. The topological polar surface area (TPSA) is 95.9 Å². The molecule has 0 spiro atoms. The predicted octanol–water partition coefficient (Wildman–Crippen LogP) is 14.0. The van der Waals surface area contributed by atoms with Crippen LogP contribution in [0.4, 0.5) is 0 Å². The fourth-order valence-electron chi connectivity index (χ4n) is 6.75. The van der Waals surface area contributed by atoms with Crippen molar-refractivity contribution in [3.63, 3.8) is 0 Å². The molecule has 3 N–H and O–H groups in total. The maximum atomic E-state index is 13.2. The summed E-state index contributed by atoms with van der Waals surface area (Å²) < 4.78 is 5.90. The number of nitrogens with one attached hydrogen (secondary N) is 1. The van der Waals surface area contributed by atoms with Gasteiger partial charge in [-0.3, -0.25) is 9.59 Å². The summed E-state index contributed by atoms with van der Waals surface area (Å²) in [7, 11) is 0. The average molecular weight is 808 g/mol. The fraction of sp³-hybridized carbons (Fsp3) is 0.692. The lowest BCUT2D eigenvalue weighted by Gasteiger charge is -2.24. The molecule has 0 fully saturated rings. The molecule has 0 heterocycles. The fourth-order valence-corrected chi connectivity index (χ4v) is 6.75. The number of amides is 1. The number of hydrogen-bond acceptors (Lipinski definition) is 5. The van der Waals surface area contributed by atoms with E-state index in [1.165, 1.54) is 44.9 Å². The molecule has 0 aliphatic carbocycles. The van der Waals surface area contributed by atoms with Crippen molar-refractivity contribution in [1.29, 1.82) is 0 Å². The molecule has 6 nitrogen and oxygen atoms in total. The highest BCUT2D eigenvalue weighted by atomic mass is 16.5. The molecule has 0 aromatic heterocycles. The van der Waals surface area contributed by atoms with E-state index in [4.69, 9.17) is 4.74 Å². The minimum absolute atomic E-state index is 0.0482. The molecule has 58 heavy (non-hydrogen) atoms. The van der Waals surface area contributed by atoms with Crippen molar-refractivity contribution in [3.8, 4) is 0 Å². The van der Waals surface area contributed by atoms with Gasteiger partial charge in [0, 0.05) is 6.42 Å². The third kappa shape index (κ3) is 39.8. The maximum absolute atomic E-state index is 13.2. The number of esters is 1. The van der Waals surface area contributed by atoms with E-state index in [0.29, 0.717) is 19.3 Å². The van der Waals surface area contributed by atoms with Gasteiger partial charge in [0.15, 0.2) is 0 Å². The molecule has 0 aliphatic heterocycles. The number of unbranched alkanes of at least 4 members (excludes halogenated alkanes) is 18. The highest BCUT2D eigenvalue weighted by Crippen LogP contribution is 2.17. The molecule has 3 atom stereocenters. The number of ether oxygens (including phenoxy) is 1. The van der Waals surface area contributed by atoms with Gasteiger partial charge < -0.3 is 20.3 Å². The summed E-state index contributed by atoms with van der Waals surface area (Å²) in [6.45, 7) is 6.19. The van der Waals surface area contributed by atoms with E-state index in [1.807, 2.05) is 18.2 Å². The molecule has 3 unspecified atom stereocenters. The van der Waals surface area contributed by atoms with Crippen molar-refractivity contribution in [2.24, 2.45) is 0 Å². The SMILES string of the molecule is CC/C=C/C=C/C=C/C=C\CCCCCCCC(=O)OC(CCCCCC/C=C/C/C=C/C/C=C/CC)CC(=O)NC(CO)C(O)CCCCCCCCCCCC. The lowest BCUT2D eigenvalue weighted by molar-refractivity contribution is -0.151. The van der Waals surface area contributed by atoms with E-state index in [9.17, 15) is 19.8 Å². The van der Waals surface area contributed by atoms with Crippen LogP contribution in [0, 0.1) is 0 Å². The average Bonchev–Trinajstić information content (AvgIpc) is 3.22. The van der Waals surface area contributed by atoms with Crippen LogP contribution >= 0.6 is 0 Å². The van der Waals surface area contributed by atoms with Gasteiger partial charge >= 0.3 is 5.97 Å². The number of carbonyl (C=O) groups excluding carboxylic acids is 2. The van der Waals surface area contributed by atoms with Gasteiger partial charge in [0.05, 0.1) is 25.2 Å². The number of allylic oxidation sites excluding steroid dienone is 14. The van der Waals surface area contributed by atoms with Crippen LogP contribution in [0.2, 0.25) is 0 Å². The van der Waals surface area contributed by atoms with E-state index in [0.717, 1.165) is 116 Å². The molecular weight excluding hydrogens is 719 g/mol. The van der Waals surface area contributed by atoms with E-state index >= 15 is 0 Å². The Labute approximate surface area is 357 Å². The molecule has 0 aromatic carbocycles. The second-order valence-corrected chi connectivity index (χ2v) is 15.8. The third-order valence-electron chi connectivity index (χ3n) is 10.3.